The molecule has 0 radical (unpaired) electrons. The molecule has 12 nitrogen and oxygen atoms in total. The number of nitrogens with zero attached hydrogens (tertiary/aromatic N) is 4. The number of fused-ring (bicyclic) bond motifs is 1. The van der Waals surface area contributed by atoms with Crippen LogP contribution >= 0.6 is 0 Å². The number of nitrogens with one attached hydrogen (secondary N) is 1. The zero-order chi connectivity index (χ0) is 25.7. The maximum absolute atomic E-state index is 12.4. The van der Waals surface area contributed by atoms with E-state index in [4.69, 9.17) is 4.84 Å². The molecule has 4 rings (SSSR count). The molecule has 12 heteroatoms. The van der Waals surface area contributed by atoms with Crippen LogP contribution < -0.4 is 5.48 Å². The summed E-state index contributed by atoms with van der Waals surface area (Å²) >= 11 is 0. The number of hydrogen-bond acceptors (Lipinski definition) is 9. The van der Waals surface area contributed by atoms with Crippen molar-refractivity contribution >= 4 is 45.4 Å². The van der Waals surface area contributed by atoms with Gasteiger partial charge in [-0.2, -0.15) is 0 Å². The molecule has 4 aromatic carbocycles. The first-order chi connectivity index (χ1) is 17.3. The van der Waals surface area contributed by atoms with Gasteiger partial charge in [0, 0.05) is 11.6 Å². The van der Waals surface area contributed by atoms with E-state index in [-0.39, 0.29) is 0 Å². The smallest absolute Gasteiger partial charge is 0.338 e. The number of anilines is 1. The van der Waals surface area contributed by atoms with Crippen LogP contribution in [0.4, 0.5) is 22.7 Å². The van der Waals surface area contributed by atoms with Crippen LogP contribution in [0.2, 0.25) is 0 Å². The Hall–Kier alpha value is -5.52. The molecule has 0 unspecified atom stereocenters. The van der Waals surface area contributed by atoms with E-state index in [9.17, 15) is 29.8 Å². The molecule has 0 saturated carbocycles. The molecule has 0 aliphatic rings. The lowest BCUT2D eigenvalue weighted by atomic mass is 10.1. The molecule has 0 fully saturated rings. The van der Waals surface area contributed by atoms with Crippen LogP contribution in [0.1, 0.15) is 20.7 Å². The predicted octanol–water partition coefficient (Wildman–Crippen LogP) is 5.76. The maximum Gasteiger partial charge on any atom is 0.369 e. The van der Waals surface area contributed by atoms with Crippen molar-refractivity contribution in [1.82, 2.24) is 0 Å². The number of amides is 1. The summed E-state index contributed by atoms with van der Waals surface area (Å²) in [4.78, 5) is 49.8. The third-order valence-electron chi connectivity index (χ3n) is 4.99. The van der Waals surface area contributed by atoms with Gasteiger partial charge in [-0.1, -0.05) is 30.3 Å². The van der Waals surface area contributed by atoms with Gasteiger partial charge in [0.2, 0.25) is 0 Å². The van der Waals surface area contributed by atoms with Crippen molar-refractivity contribution in [2.45, 2.75) is 0 Å². The number of rotatable bonds is 7. The van der Waals surface area contributed by atoms with E-state index in [2.05, 4.69) is 15.7 Å². The van der Waals surface area contributed by atoms with Gasteiger partial charge in [0.1, 0.15) is 5.56 Å². The zero-order valence-electron chi connectivity index (χ0n) is 18.2. The second-order valence-electron chi connectivity index (χ2n) is 7.32. The topological polar surface area (TPSA) is 166 Å². The molecule has 1 amide bonds. The van der Waals surface area contributed by atoms with Crippen LogP contribution in [-0.4, -0.2) is 21.7 Å². The number of hydrogen-bond donors (Lipinski definition) is 1. The summed E-state index contributed by atoms with van der Waals surface area (Å²) in [5, 5.41) is 31.5. The molecule has 1 N–H and O–H groups in total. The molecular formula is C24H15N5O7. The molecule has 0 saturated heterocycles. The molecule has 0 atom stereocenters. The van der Waals surface area contributed by atoms with Gasteiger partial charge < -0.3 is 4.84 Å². The van der Waals surface area contributed by atoms with Crippen LogP contribution in [0.5, 0.6) is 0 Å². The number of non-ortho nitro benzene ring substituents is 1. The minimum atomic E-state index is -1.11. The molecule has 36 heavy (non-hydrogen) atoms. The van der Waals surface area contributed by atoms with Crippen LogP contribution in [0.15, 0.2) is 95.2 Å². The average molecular weight is 485 g/mol. The quantitative estimate of drug-likeness (QED) is 0.196. The zero-order valence-corrected chi connectivity index (χ0v) is 18.2. The third-order valence-corrected chi connectivity index (χ3v) is 4.99. The molecule has 0 spiro atoms. The van der Waals surface area contributed by atoms with E-state index in [0.717, 1.165) is 22.9 Å². The monoisotopic (exact) mass is 485 g/mol. The summed E-state index contributed by atoms with van der Waals surface area (Å²) in [6, 6.07) is 21.4. The van der Waals surface area contributed by atoms with Gasteiger partial charge in [-0.05, 0) is 53.2 Å². The Morgan fingerprint density at radius 2 is 1.53 bits per heavy atom. The van der Waals surface area contributed by atoms with Gasteiger partial charge in [0.15, 0.2) is 0 Å². The van der Waals surface area contributed by atoms with Gasteiger partial charge >= 0.3 is 5.97 Å². The first-order valence-corrected chi connectivity index (χ1v) is 10.3. The summed E-state index contributed by atoms with van der Waals surface area (Å²) in [7, 11) is 0. The van der Waals surface area contributed by atoms with E-state index in [1.165, 1.54) is 24.3 Å². The third kappa shape index (κ3) is 5.34. The Balaban J connectivity index is 1.39. The van der Waals surface area contributed by atoms with Crippen molar-refractivity contribution in [2.24, 2.45) is 10.2 Å². The Kier molecular flexibility index (Phi) is 6.68. The number of carbonyl (C=O) groups excluding carboxylic acids is 2. The predicted molar refractivity (Wildman–Crippen MR) is 128 cm³/mol. The van der Waals surface area contributed by atoms with E-state index >= 15 is 0 Å². The van der Waals surface area contributed by atoms with E-state index in [0.29, 0.717) is 23.0 Å². The highest BCUT2D eigenvalue weighted by molar-refractivity contribution is 5.99. The fourth-order valence-electron chi connectivity index (χ4n) is 3.20. The van der Waals surface area contributed by atoms with Gasteiger partial charge in [0.05, 0.1) is 27.3 Å². The molecule has 4 aromatic rings. The van der Waals surface area contributed by atoms with Crippen LogP contribution in [-0.2, 0) is 4.84 Å². The summed E-state index contributed by atoms with van der Waals surface area (Å²) in [5.41, 5.74) is 1.62. The molecule has 178 valence electrons. The number of nitro benzene ring substituents is 2. The van der Waals surface area contributed by atoms with E-state index < -0.39 is 38.7 Å². The number of benzene rings is 4. The van der Waals surface area contributed by atoms with Crippen molar-refractivity contribution in [2.75, 3.05) is 5.48 Å². The summed E-state index contributed by atoms with van der Waals surface area (Å²) in [6.45, 7) is 0. The Morgan fingerprint density at radius 1 is 0.806 bits per heavy atom. The fraction of sp³-hybridized carbons (Fsp3) is 0. The second kappa shape index (κ2) is 10.2. The van der Waals surface area contributed by atoms with Crippen molar-refractivity contribution in [3.05, 3.63) is 116 Å². The molecule has 0 heterocycles. The molecular weight excluding hydrogens is 470 g/mol. The summed E-state index contributed by atoms with van der Waals surface area (Å²) < 4.78 is 0. The maximum atomic E-state index is 12.4. The highest BCUT2D eigenvalue weighted by Crippen LogP contribution is 2.26. The van der Waals surface area contributed by atoms with Crippen molar-refractivity contribution in [1.29, 1.82) is 0 Å². The van der Waals surface area contributed by atoms with Crippen LogP contribution in [0, 0.1) is 20.2 Å². The van der Waals surface area contributed by atoms with E-state index in [1.807, 2.05) is 30.3 Å². The Morgan fingerprint density at radius 3 is 2.22 bits per heavy atom. The normalized spacial score (nSPS) is 10.8. The van der Waals surface area contributed by atoms with Crippen molar-refractivity contribution in [3.63, 3.8) is 0 Å². The molecule has 0 aliphatic heterocycles. The van der Waals surface area contributed by atoms with E-state index in [1.54, 1.807) is 12.1 Å². The molecule has 0 bridgehead atoms. The number of nitro groups is 2. The lowest BCUT2D eigenvalue weighted by Crippen LogP contribution is -2.12. The lowest BCUT2D eigenvalue weighted by Gasteiger charge is -2.07. The average Bonchev–Trinajstić information content (AvgIpc) is 2.90. The van der Waals surface area contributed by atoms with Crippen LogP contribution in [0.25, 0.3) is 10.8 Å². The van der Waals surface area contributed by atoms with Gasteiger partial charge in [0.25, 0.3) is 17.3 Å². The largest absolute Gasteiger partial charge is 0.369 e. The van der Waals surface area contributed by atoms with Gasteiger partial charge in [-0.3, -0.25) is 25.0 Å². The van der Waals surface area contributed by atoms with Crippen molar-refractivity contribution < 1.29 is 24.3 Å². The molecule has 0 aromatic heterocycles. The summed E-state index contributed by atoms with van der Waals surface area (Å²) in [5.74, 6) is -1.62. The highest BCUT2D eigenvalue weighted by Gasteiger charge is 2.25. The summed E-state index contributed by atoms with van der Waals surface area (Å²) in [6.07, 6.45) is 0. The lowest BCUT2D eigenvalue weighted by molar-refractivity contribution is -0.394. The molecule has 0 aliphatic carbocycles. The minimum absolute atomic E-state index is 0.299. The first kappa shape index (κ1) is 23.6. The SMILES string of the molecule is O=C(N=Nc1ccc(NOC(=O)c2ccc([N+](=O)[O-])cc2[N+](=O)[O-])cc1)c1ccc2ccccc2c1. The standard InChI is InChI=1S/C24H15N5O7/c30-23(17-6-5-15-3-1-2-4-16(15)13-17)26-25-18-7-9-19(10-8-18)27-36-24(31)21-12-11-20(28(32)33)14-22(21)29(34)35/h1-14,27H. The minimum Gasteiger partial charge on any atom is -0.338 e. The van der Waals surface area contributed by atoms with Crippen molar-refractivity contribution in [3.8, 4) is 0 Å². The van der Waals surface area contributed by atoms with Gasteiger partial charge in [-0.15, -0.1) is 10.2 Å². The number of carbonyl (C=O) groups is 2. The van der Waals surface area contributed by atoms with Gasteiger partial charge in [-0.25, -0.2) is 10.3 Å². The highest BCUT2D eigenvalue weighted by atomic mass is 16.7. The first-order valence-electron chi connectivity index (χ1n) is 10.3. The number of azo groups is 1. The second-order valence-corrected chi connectivity index (χ2v) is 7.32. The van der Waals surface area contributed by atoms with Crippen LogP contribution in [0.3, 0.4) is 0 Å². The Bertz CT molecular complexity index is 1530. The Labute approximate surface area is 202 Å². The fourth-order valence-corrected chi connectivity index (χ4v) is 3.20.